The molecule has 0 heterocycles. The van der Waals surface area contributed by atoms with E-state index in [-0.39, 0.29) is 5.78 Å². The molecule has 2 aromatic carbocycles. The molecular formula is C16H13NO. The summed E-state index contributed by atoms with van der Waals surface area (Å²) >= 11 is 0. The van der Waals surface area contributed by atoms with Crippen molar-refractivity contribution in [3.63, 3.8) is 0 Å². The zero-order valence-corrected chi connectivity index (χ0v) is 9.97. The lowest BCUT2D eigenvalue weighted by Gasteiger charge is -2.01. The molecule has 0 atom stereocenters. The Balaban J connectivity index is 1.95. The molecule has 0 aliphatic rings. The first-order chi connectivity index (χ1) is 8.79. The Labute approximate surface area is 107 Å². The van der Waals surface area contributed by atoms with Gasteiger partial charge in [0.05, 0.1) is 11.6 Å². The summed E-state index contributed by atoms with van der Waals surface area (Å²) in [7, 11) is 0. The molecule has 0 radical (unpaired) electrons. The van der Waals surface area contributed by atoms with E-state index in [9.17, 15) is 4.79 Å². The quantitative estimate of drug-likeness (QED) is 0.762. The number of hydrogen-bond acceptors (Lipinski definition) is 2. The van der Waals surface area contributed by atoms with Gasteiger partial charge in [-0.2, -0.15) is 5.26 Å². The minimum Gasteiger partial charge on any atom is -0.294 e. The third-order valence-electron chi connectivity index (χ3n) is 2.82. The van der Waals surface area contributed by atoms with Crippen molar-refractivity contribution < 1.29 is 4.79 Å². The van der Waals surface area contributed by atoms with Gasteiger partial charge in [0.25, 0.3) is 0 Å². The normalized spacial score (nSPS) is 9.72. The summed E-state index contributed by atoms with van der Waals surface area (Å²) in [5, 5.41) is 8.69. The third-order valence-corrected chi connectivity index (χ3v) is 2.82. The Bertz CT molecular complexity index is 564. The van der Waals surface area contributed by atoms with Crippen LogP contribution in [0.15, 0.2) is 54.6 Å². The lowest BCUT2D eigenvalue weighted by Crippen LogP contribution is -2.00. The van der Waals surface area contributed by atoms with E-state index < -0.39 is 0 Å². The number of carbonyl (C=O) groups is 1. The van der Waals surface area contributed by atoms with Crippen molar-refractivity contribution in [2.24, 2.45) is 0 Å². The molecule has 0 saturated heterocycles. The number of rotatable bonds is 4. The molecule has 2 nitrogen and oxygen atoms in total. The lowest BCUT2D eigenvalue weighted by molar-refractivity contribution is 0.0983. The Morgan fingerprint density at radius 1 is 1.00 bits per heavy atom. The smallest absolute Gasteiger partial charge is 0.163 e. The van der Waals surface area contributed by atoms with Crippen LogP contribution in [0, 0.1) is 11.3 Å². The molecule has 0 aliphatic carbocycles. The fourth-order valence-corrected chi connectivity index (χ4v) is 1.77. The average molecular weight is 235 g/mol. The summed E-state index contributed by atoms with van der Waals surface area (Å²) in [4.78, 5) is 11.9. The zero-order valence-electron chi connectivity index (χ0n) is 9.97. The van der Waals surface area contributed by atoms with Gasteiger partial charge in [-0.05, 0) is 24.1 Å². The summed E-state index contributed by atoms with van der Waals surface area (Å²) in [5.74, 6) is 0.153. The van der Waals surface area contributed by atoms with Gasteiger partial charge < -0.3 is 0 Å². The zero-order chi connectivity index (χ0) is 12.8. The Hall–Kier alpha value is -2.40. The molecule has 0 bridgehead atoms. The molecule has 2 rings (SSSR count). The van der Waals surface area contributed by atoms with Gasteiger partial charge in [-0.25, -0.2) is 0 Å². The van der Waals surface area contributed by atoms with E-state index in [2.05, 4.69) is 6.07 Å². The molecule has 0 amide bonds. The van der Waals surface area contributed by atoms with Gasteiger partial charge in [0, 0.05) is 12.0 Å². The van der Waals surface area contributed by atoms with Crippen LogP contribution in [0.25, 0.3) is 0 Å². The summed E-state index contributed by atoms with van der Waals surface area (Å²) < 4.78 is 0. The van der Waals surface area contributed by atoms with Gasteiger partial charge in [0.15, 0.2) is 5.78 Å². The number of Topliss-reactive ketones (excluding diaryl/α,β-unsaturated/α-hetero) is 1. The van der Waals surface area contributed by atoms with Crippen LogP contribution in [0.2, 0.25) is 0 Å². The maximum absolute atomic E-state index is 11.9. The highest BCUT2D eigenvalue weighted by Crippen LogP contribution is 2.09. The minimum absolute atomic E-state index is 0.153. The highest BCUT2D eigenvalue weighted by molar-refractivity contribution is 5.96. The number of nitriles is 1. The number of aryl methyl sites for hydroxylation is 1. The fraction of sp³-hybridized carbons (Fsp3) is 0.125. The number of ketones is 1. The van der Waals surface area contributed by atoms with Crippen LogP contribution >= 0.6 is 0 Å². The van der Waals surface area contributed by atoms with Crippen molar-refractivity contribution in [3.8, 4) is 6.07 Å². The summed E-state index contributed by atoms with van der Waals surface area (Å²) in [6.45, 7) is 0. The van der Waals surface area contributed by atoms with Gasteiger partial charge in [-0.15, -0.1) is 0 Å². The van der Waals surface area contributed by atoms with E-state index in [1.165, 1.54) is 0 Å². The molecule has 88 valence electrons. The van der Waals surface area contributed by atoms with Crippen molar-refractivity contribution in [3.05, 3.63) is 71.3 Å². The predicted octanol–water partition coefficient (Wildman–Crippen LogP) is 3.37. The molecule has 2 aromatic rings. The standard InChI is InChI=1S/C16H13NO/c17-12-14-8-6-13(7-9-14)10-11-16(18)15-4-2-1-3-5-15/h1-9H,10-11H2. The highest BCUT2D eigenvalue weighted by atomic mass is 16.1. The second-order valence-corrected chi connectivity index (χ2v) is 4.10. The Morgan fingerprint density at radius 3 is 2.28 bits per heavy atom. The number of nitrogens with zero attached hydrogens (tertiary/aromatic N) is 1. The number of carbonyl (C=O) groups excluding carboxylic acids is 1. The predicted molar refractivity (Wildman–Crippen MR) is 70.3 cm³/mol. The van der Waals surface area contributed by atoms with E-state index >= 15 is 0 Å². The first-order valence-corrected chi connectivity index (χ1v) is 5.87. The van der Waals surface area contributed by atoms with Crippen molar-refractivity contribution in [1.29, 1.82) is 5.26 Å². The summed E-state index contributed by atoms with van der Waals surface area (Å²) in [5.41, 5.74) is 2.48. The topological polar surface area (TPSA) is 40.9 Å². The van der Waals surface area contributed by atoms with Crippen LogP contribution in [0.4, 0.5) is 0 Å². The SMILES string of the molecule is N#Cc1ccc(CCC(=O)c2ccccc2)cc1. The molecule has 0 fully saturated rings. The minimum atomic E-state index is 0.153. The van der Waals surface area contributed by atoms with Crippen LogP contribution < -0.4 is 0 Å². The molecule has 0 unspecified atom stereocenters. The molecule has 2 heteroatoms. The monoisotopic (exact) mass is 235 g/mol. The van der Waals surface area contributed by atoms with Gasteiger partial charge in [-0.1, -0.05) is 42.5 Å². The van der Waals surface area contributed by atoms with Crippen LogP contribution in [0.3, 0.4) is 0 Å². The lowest BCUT2D eigenvalue weighted by atomic mass is 10.0. The van der Waals surface area contributed by atoms with Crippen molar-refractivity contribution in [2.75, 3.05) is 0 Å². The van der Waals surface area contributed by atoms with E-state index in [1.807, 2.05) is 42.5 Å². The maximum Gasteiger partial charge on any atom is 0.163 e. The van der Waals surface area contributed by atoms with Crippen LogP contribution in [0.1, 0.15) is 27.9 Å². The molecule has 0 aromatic heterocycles. The molecule has 0 aliphatic heterocycles. The van der Waals surface area contributed by atoms with E-state index in [4.69, 9.17) is 5.26 Å². The van der Waals surface area contributed by atoms with Crippen molar-refractivity contribution >= 4 is 5.78 Å². The first kappa shape index (κ1) is 12.1. The van der Waals surface area contributed by atoms with Gasteiger partial charge >= 0.3 is 0 Å². The Morgan fingerprint density at radius 2 is 1.67 bits per heavy atom. The average Bonchev–Trinajstić information content (AvgIpc) is 2.46. The summed E-state index contributed by atoms with van der Waals surface area (Å²) in [6, 6.07) is 18.7. The van der Waals surface area contributed by atoms with Crippen LogP contribution in [-0.4, -0.2) is 5.78 Å². The molecule has 0 N–H and O–H groups in total. The fourth-order valence-electron chi connectivity index (χ4n) is 1.77. The van der Waals surface area contributed by atoms with E-state index in [0.29, 0.717) is 18.4 Å². The second kappa shape index (κ2) is 5.79. The van der Waals surface area contributed by atoms with E-state index in [0.717, 1.165) is 11.1 Å². The van der Waals surface area contributed by atoms with Crippen molar-refractivity contribution in [2.45, 2.75) is 12.8 Å². The Kier molecular flexibility index (Phi) is 3.88. The summed E-state index contributed by atoms with van der Waals surface area (Å²) in [6.07, 6.45) is 1.20. The van der Waals surface area contributed by atoms with Crippen LogP contribution in [0.5, 0.6) is 0 Å². The number of benzene rings is 2. The first-order valence-electron chi connectivity index (χ1n) is 5.87. The third kappa shape index (κ3) is 3.05. The highest BCUT2D eigenvalue weighted by Gasteiger charge is 2.05. The molecule has 0 spiro atoms. The molecule has 18 heavy (non-hydrogen) atoms. The van der Waals surface area contributed by atoms with Crippen molar-refractivity contribution in [1.82, 2.24) is 0 Å². The van der Waals surface area contributed by atoms with Crippen LogP contribution in [-0.2, 0) is 6.42 Å². The van der Waals surface area contributed by atoms with Gasteiger partial charge in [0.2, 0.25) is 0 Å². The second-order valence-electron chi connectivity index (χ2n) is 4.10. The number of hydrogen-bond donors (Lipinski definition) is 0. The maximum atomic E-state index is 11.9. The largest absolute Gasteiger partial charge is 0.294 e. The molecular weight excluding hydrogens is 222 g/mol. The molecule has 0 saturated carbocycles. The van der Waals surface area contributed by atoms with Gasteiger partial charge in [-0.3, -0.25) is 4.79 Å². The van der Waals surface area contributed by atoms with Gasteiger partial charge in [0.1, 0.15) is 0 Å². The van der Waals surface area contributed by atoms with E-state index in [1.54, 1.807) is 12.1 Å².